The summed E-state index contributed by atoms with van der Waals surface area (Å²) >= 11 is 1.84. The zero-order valence-corrected chi connectivity index (χ0v) is 17.1. The van der Waals surface area contributed by atoms with Crippen LogP contribution in [-0.2, 0) is 22.6 Å². The molecule has 1 aromatic heterocycles. The molecule has 0 bridgehead atoms. The molecule has 0 radical (unpaired) electrons. The molecule has 1 saturated carbocycles. The van der Waals surface area contributed by atoms with Crippen LogP contribution in [0, 0.1) is 5.92 Å². The highest BCUT2D eigenvalue weighted by atomic mass is 32.1. The lowest BCUT2D eigenvalue weighted by Crippen LogP contribution is -2.47. The Hall–Kier alpha value is -2.34. The van der Waals surface area contributed by atoms with E-state index in [9.17, 15) is 9.59 Å². The second kappa shape index (κ2) is 8.35. The van der Waals surface area contributed by atoms with Crippen molar-refractivity contribution in [2.75, 3.05) is 16.8 Å². The van der Waals surface area contributed by atoms with Gasteiger partial charge in [-0.2, -0.15) is 0 Å². The Labute approximate surface area is 170 Å². The lowest BCUT2D eigenvalue weighted by atomic mass is 9.97. The third kappa shape index (κ3) is 4.22. The highest BCUT2D eigenvalue weighted by Crippen LogP contribution is 2.30. The predicted octanol–water partition coefficient (Wildman–Crippen LogP) is 3.94. The fourth-order valence-corrected chi connectivity index (χ4v) is 5.24. The van der Waals surface area contributed by atoms with Crippen LogP contribution in [0.2, 0.25) is 0 Å². The Kier molecular flexibility index (Phi) is 5.67. The van der Waals surface area contributed by atoms with E-state index in [1.54, 1.807) is 0 Å². The molecule has 1 fully saturated rings. The van der Waals surface area contributed by atoms with Crippen LogP contribution in [0.15, 0.2) is 35.7 Å². The second-order valence-corrected chi connectivity index (χ2v) is 8.80. The van der Waals surface area contributed by atoms with Gasteiger partial charge in [-0.05, 0) is 66.5 Å². The van der Waals surface area contributed by atoms with Crippen LogP contribution in [0.1, 0.15) is 43.0 Å². The summed E-state index contributed by atoms with van der Waals surface area (Å²) in [6, 6.07) is 9.81. The lowest BCUT2D eigenvalue weighted by molar-refractivity contribution is -0.126. The van der Waals surface area contributed by atoms with Crippen molar-refractivity contribution in [2.24, 2.45) is 5.92 Å². The van der Waals surface area contributed by atoms with Crippen LogP contribution in [0.4, 0.5) is 11.4 Å². The van der Waals surface area contributed by atoms with Gasteiger partial charge in [-0.25, -0.2) is 0 Å². The number of anilines is 2. The van der Waals surface area contributed by atoms with Crippen molar-refractivity contribution in [1.29, 1.82) is 0 Å². The number of hydrogen-bond donors (Lipinski definition) is 2. The molecule has 2 aromatic rings. The molecule has 1 atom stereocenters. The van der Waals surface area contributed by atoms with Gasteiger partial charge >= 0.3 is 0 Å². The van der Waals surface area contributed by atoms with Gasteiger partial charge < -0.3 is 15.5 Å². The Balaban J connectivity index is 1.40. The maximum Gasteiger partial charge on any atom is 0.247 e. The second-order valence-electron chi connectivity index (χ2n) is 7.80. The summed E-state index contributed by atoms with van der Waals surface area (Å²) in [7, 11) is 0. The Morgan fingerprint density at radius 3 is 2.61 bits per heavy atom. The number of nitrogens with one attached hydrogen (secondary N) is 2. The van der Waals surface area contributed by atoms with E-state index >= 15 is 0 Å². The smallest absolute Gasteiger partial charge is 0.247 e. The molecule has 1 aromatic carbocycles. The first-order chi connectivity index (χ1) is 13.6. The molecule has 2 aliphatic rings. The van der Waals surface area contributed by atoms with E-state index in [-0.39, 0.29) is 17.7 Å². The summed E-state index contributed by atoms with van der Waals surface area (Å²) in [6.07, 6.45) is 5.34. The Morgan fingerprint density at radius 2 is 1.89 bits per heavy atom. The van der Waals surface area contributed by atoms with Crippen LogP contribution in [0.25, 0.3) is 0 Å². The van der Waals surface area contributed by atoms with E-state index in [2.05, 4.69) is 39.1 Å². The topological polar surface area (TPSA) is 61.4 Å². The molecule has 2 heterocycles. The average molecular weight is 398 g/mol. The quantitative estimate of drug-likeness (QED) is 0.803. The maximum atomic E-state index is 12.8. The number of thiophene rings is 1. The Morgan fingerprint density at radius 1 is 1.14 bits per heavy atom. The van der Waals surface area contributed by atoms with Crippen molar-refractivity contribution < 1.29 is 9.59 Å². The van der Waals surface area contributed by atoms with Crippen LogP contribution < -0.4 is 15.5 Å². The molecule has 0 saturated heterocycles. The number of carbonyl (C=O) groups is 2. The lowest BCUT2D eigenvalue weighted by Gasteiger charge is -2.29. The molecule has 2 N–H and O–H groups in total. The normalized spacial score (nSPS) is 17.8. The minimum atomic E-state index is -0.446. The van der Waals surface area contributed by atoms with E-state index < -0.39 is 6.04 Å². The van der Waals surface area contributed by atoms with E-state index in [4.69, 9.17) is 0 Å². The highest BCUT2D eigenvalue weighted by Gasteiger charge is 2.31. The molecular formula is C22H27N3O2S. The molecule has 2 amide bonds. The van der Waals surface area contributed by atoms with Gasteiger partial charge in [0.1, 0.15) is 6.04 Å². The summed E-state index contributed by atoms with van der Waals surface area (Å²) < 4.78 is 0. The maximum absolute atomic E-state index is 12.8. The summed E-state index contributed by atoms with van der Waals surface area (Å²) in [4.78, 5) is 28.2. The van der Waals surface area contributed by atoms with Gasteiger partial charge in [0, 0.05) is 36.3 Å². The fourth-order valence-electron chi connectivity index (χ4n) is 4.35. The van der Waals surface area contributed by atoms with Crippen LogP contribution in [0.5, 0.6) is 0 Å². The number of rotatable bonds is 5. The molecule has 0 spiro atoms. The molecular weight excluding hydrogens is 370 g/mol. The van der Waals surface area contributed by atoms with Gasteiger partial charge in [0.2, 0.25) is 11.8 Å². The van der Waals surface area contributed by atoms with E-state index in [1.165, 1.54) is 23.1 Å². The standard InChI is InChI=1S/C22H27N3O2S/c1-15(26)23-21(16-4-2-3-5-16)22(27)24-18-6-8-19(9-7-18)25-12-10-20-17(14-25)11-13-28-20/h6-9,11,13,16,21H,2-5,10,12,14H2,1H3,(H,23,26)(H,24,27). The van der Waals surface area contributed by atoms with E-state index in [0.29, 0.717) is 0 Å². The fraction of sp³-hybridized carbons (Fsp3) is 0.455. The molecule has 4 rings (SSSR count). The van der Waals surface area contributed by atoms with E-state index in [1.807, 2.05) is 23.5 Å². The molecule has 148 valence electrons. The van der Waals surface area contributed by atoms with Crippen molar-refractivity contribution in [3.63, 3.8) is 0 Å². The van der Waals surface area contributed by atoms with Crippen molar-refractivity contribution in [1.82, 2.24) is 5.32 Å². The first kappa shape index (κ1) is 19.0. The molecule has 1 aliphatic carbocycles. The number of fused-ring (bicyclic) bond motifs is 1. The average Bonchev–Trinajstić information content (AvgIpc) is 3.37. The zero-order valence-electron chi connectivity index (χ0n) is 16.2. The summed E-state index contributed by atoms with van der Waals surface area (Å²) in [6.45, 7) is 3.43. The number of amides is 2. The van der Waals surface area contributed by atoms with E-state index in [0.717, 1.165) is 50.9 Å². The van der Waals surface area contributed by atoms with Gasteiger partial charge in [-0.1, -0.05) is 12.8 Å². The van der Waals surface area contributed by atoms with Crippen molar-refractivity contribution in [3.05, 3.63) is 46.2 Å². The Bertz CT molecular complexity index is 840. The van der Waals surface area contributed by atoms with Gasteiger partial charge in [-0.3, -0.25) is 9.59 Å². The predicted molar refractivity (Wildman–Crippen MR) is 114 cm³/mol. The molecule has 28 heavy (non-hydrogen) atoms. The monoisotopic (exact) mass is 397 g/mol. The van der Waals surface area contributed by atoms with Crippen LogP contribution >= 0.6 is 11.3 Å². The van der Waals surface area contributed by atoms with Crippen LogP contribution in [-0.4, -0.2) is 24.4 Å². The number of benzene rings is 1. The largest absolute Gasteiger partial charge is 0.367 e. The number of carbonyl (C=O) groups excluding carboxylic acids is 2. The molecule has 1 aliphatic heterocycles. The number of hydrogen-bond acceptors (Lipinski definition) is 4. The zero-order chi connectivity index (χ0) is 19.5. The van der Waals surface area contributed by atoms with Gasteiger partial charge in [-0.15, -0.1) is 11.3 Å². The summed E-state index contributed by atoms with van der Waals surface area (Å²) in [5.41, 5.74) is 3.36. The van der Waals surface area contributed by atoms with Crippen LogP contribution in [0.3, 0.4) is 0 Å². The minimum absolute atomic E-state index is 0.115. The highest BCUT2D eigenvalue weighted by molar-refractivity contribution is 7.10. The third-order valence-corrected chi connectivity index (χ3v) is 6.84. The third-order valence-electron chi connectivity index (χ3n) is 5.82. The molecule has 5 nitrogen and oxygen atoms in total. The van der Waals surface area contributed by atoms with Crippen molar-refractivity contribution >= 4 is 34.5 Å². The van der Waals surface area contributed by atoms with Crippen molar-refractivity contribution in [3.8, 4) is 0 Å². The number of nitrogens with zero attached hydrogens (tertiary/aromatic N) is 1. The minimum Gasteiger partial charge on any atom is -0.367 e. The first-order valence-corrected chi connectivity index (χ1v) is 11.0. The SMILES string of the molecule is CC(=O)NC(C(=O)Nc1ccc(N2CCc3sccc3C2)cc1)C1CCCC1. The molecule has 6 heteroatoms. The van der Waals surface area contributed by atoms with Gasteiger partial charge in [0.05, 0.1) is 0 Å². The first-order valence-electron chi connectivity index (χ1n) is 10.1. The molecule has 1 unspecified atom stereocenters. The van der Waals surface area contributed by atoms with Gasteiger partial charge in [0.15, 0.2) is 0 Å². The summed E-state index contributed by atoms with van der Waals surface area (Å²) in [5, 5.41) is 8.02. The van der Waals surface area contributed by atoms with Gasteiger partial charge in [0.25, 0.3) is 0 Å². The van der Waals surface area contributed by atoms with Crippen molar-refractivity contribution in [2.45, 2.75) is 51.6 Å². The summed E-state index contributed by atoms with van der Waals surface area (Å²) in [5.74, 6) is -0.0348.